The summed E-state index contributed by atoms with van der Waals surface area (Å²) in [5.41, 5.74) is 6.47. The molecule has 0 unspecified atom stereocenters. The lowest BCUT2D eigenvalue weighted by Gasteiger charge is -2.18. The van der Waals surface area contributed by atoms with Gasteiger partial charge in [0.05, 0.1) is 16.2 Å². The second-order valence-electron chi connectivity index (χ2n) is 9.92. The van der Waals surface area contributed by atoms with E-state index in [-0.39, 0.29) is 10.8 Å². The summed E-state index contributed by atoms with van der Waals surface area (Å²) in [7, 11) is -3.30. The number of aromatic nitrogens is 1. The van der Waals surface area contributed by atoms with E-state index in [1.807, 2.05) is 43.5 Å². The van der Waals surface area contributed by atoms with Gasteiger partial charge in [-0.3, -0.25) is 4.79 Å². The van der Waals surface area contributed by atoms with E-state index in [1.165, 1.54) is 31.2 Å². The first-order valence-corrected chi connectivity index (χ1v) is 14.9. The SMILES string of the molecule is Cc1c(C(=O)Nc2ccc(S(C)(=O)=O)cc2)cn(CCN2CCCC2)c1-c1ccccc1-c1ccccc1. The van der Waals surface area contributed by atoms with Crippen molar-refractivity contribution in [2.45, 2.75) is 31.2 Å². The highest BCUT2D eigenvalue weighted by molar-refractivity contribution is 7.90. The molecule has 0 saturated carbocycles. The molecule has 7 heteroatoms. The lowest BCUT2D eigenvalue weighted by Crippen LogP contribution is -2.24. The number of amides is 1. The molecule has 196 valence electrons. The summed E-state index contributed by atoms with van der Waals surface area (Å²) in [6.45, 7) is 5.96. The van der Waals surface area contributed by atoms with Gasteiger partial charge in [-0.2, -0.15) is 0 Å². The van der Waals surface area contributed by atoms with E-state index in [9.17, 15) is 13.2 Å². The smallest absolute Gasteiger partial charge is 0.257 e. The van der Waals surface area contributed by atoms with Gasteiger partial charge >= 0.3 is 0 Å². The van der Waals surface area contributed by atoms with E-state index in [0.717, 1.165) is 54.1 Å². The van der Waals surface area contributed by atoms with E-state index in [2.05, 4.69) is 39.0 Å². The van der Waals surface area contributed by atoms with Crippen LogP contribution in [0.1, 0.15) is 28.8 Å². The monoisotopic (exact) mass is 527 g/mol. The van der Waals surface area contributed by atoms with Gasteiger partial charge in [0.15, 0.2) is 9.84 Å². The number of hydrogen-bond acceptors (Lipinski definition) is 4. The van der Waals surface area contributed by atoms with E-state index >= 15 is 0 Å². The molecule has 1 aliphatic rings. The Balaban J connectivity index is 1.52. The van der Waals surface area contributed by atoms with E-state index in [4.69, 9.17) is 0 Å². The third-order valence-electron chi connectivity index (χ3n) is 7.24. The van der Waals surface area contributed by atoms with Gasteiger partial charge in [-0.05, 0) is 73.8 Å². The van der Waals surface area contributed by atoms with Gasteiger partial charge in [-0.1, -0.05) is 54.6 Å². The molecule has 0 atom stereocenters. The van der Waals surface area contributed by atoms with Crippen molar-refractivity contribution in [2.75, 3.05) is 31.2 Å². The van der Waals surface area contributed by atoms with Gasteiger partial charge in [0.25, 0.3) is 5.91 Å². The molecule has 2 heterocycles. The summed E-state index contributed by atoms with van der Waals surface area (Å²) >= 11 is 0. The molecule has 0 bridgehead atoms. The summed E-state index contributed by atoms with van der Waals surface area (Å²) in [6.07, 6.45) is 5.60. The Kier molecular flexibility index (Phi) is 7.49. The quantitative estimate of drug-likeness (QED) is 0.311. The van der Waals surface area contributed by atoms with Crippen LogP contribution in [-0.2, 0) is 16.4 Å². The fourth-order valence-electron chi connectivity index (χ4n) is 5.22. The molecule has 38 heavy (non-hydrogen) atoms. The zero-order chi connectivity index (χ0) is 26.7. The van der Waals surface area contributed by atoms with Crippen molar-refractivity contribution in [2.24, 2.45) is 0 Å². The molecule has 0 radical (unpaired) electrons. The average Bonchev–Trinajstić information content (AvgIpc) is 3.55. The number of carbonyl (C=O) groups is 1. The molecule has 4 aromatic rings. The number of rotatable bonds is 8. The minimum atomic E-state index is -3.30. The molecule has 1 saturated heterocycles. The van der Waals surface area contributed by atoms with Gasteiger partial charge in [0.2, 0.25) is 0 Å². The normalized spacial score (nSPS) is 14.1. The third kappa shape index (κ3) is 5.59. The summed E-state index contributed by atoms with van der Waals surface area (Å²) in [5, 5.41) is 2.96. The molecule has 6 nitrogen and oxygen atoms in total. The van der Waals surface area contributed by atoms with Crippen molar-refractivity contribution in [3.63, 3.8) is 0 Å². The van der Waals surface area contributed by atoms with Crippen LogP contribution in [0.15, 0.2) is 90.0 Å². The first kappa shape index (κ1) is 25.9. The zero-order valence-corrected chi connectivity index (χ0v) is 22.7. The molecule has 0 aliphatic carbocycles. The largest absolute Gasteiger partial charge is 0.345 e. The number of nitrogens with one attached hydrogen (secondary N) is 1. The minimum absolute atomic E-state index is 0.215. The summed E-state index contributed by atoms with van der Waals surface area (Å²) < 4.78 is 25.8. The average molecular weight is 528 g/mol. The molecule has 1 fully saturated rings. The molecular formula is C31H33N3O3S. The Hall–Kier alpha value is -3.68. The van der Waals surface area contributed by atoms with Crippen LogP contribution in [0.25, 0.3) is 22.4 Å². The number of benzene rings is 3. The second-order valence-corrected chi connectivity index (χ2v) is 11.9. The molecule has 1 aromatic heterocycles. The van der Waals surface area contributed by atoms with Crippen molar-refractivity contribution in [3.8, 4) is 22.4 Å². The van der Waals surface area contributed by atoms with Crippen LogP contribution >= 0.6 is 0 Å². The second kappa shape index (κ2) is 11.0. The highest BCUT2D eigenvalue weighted by Crippen LogP contribution is 2.36. The van der Waals surface area contributed by atoms with Crippen molar-refractivity contribution in [1.82, 2.24) is 9.47 Å². The fourth-order valence-corrected chi connectivity index (χ4v) is 5.85. The predicted octanol–water partition coefficient (Wildman–Crippen LogP) is 5.88. The number of nitrogens with zero attached hydrogens (tertiary/aromatic N) is 2. The highest BCUT2D eigenvalue weighted by Gasteiger charge is 2.22. The Bertz CT molecular complexity index is 1540. The maximum atomic E-state index is 13.5. The number of likely N-dealkylation sites (tertiary alicyclic amines) is 1. The first-order chi connectivity index (χ1) is 18.3. The predicted molar refractivity (Wildman–Crippen MR) is 153 cm³/mol. The highest BCUT2D eigenvalue weighted by atomic mass is 32.2. The van der Waals surface area contributed by atoms with Gasteiger partial charge in [-0.25, -0.2) is 8.42 Å². The number of anilines is 1. The lowest BCUT2D eigenvalue weighted by molar-refractivity contribution is 0.102. The maximum Gasteiger partial charge on any atom is 0.257 e. The van der Waals surface area contributed by atoms with Crippen LogP contribution in [0, 0.1) is 6.92 Å². The van der Waals surface area contributed by atoms with E-state index in [0.29, 0.717) is 11.3 Å². The number of hydrogen-bond donors (Lipinski definition) is 1. The summed E-state index contributed by atoms with van der Waals surface area (Å²) in [4.78, 5) is 16.2. The van der Waals surface area contributed by atoms with Gasteiger partial charge in [0.1, 0.15) is 0 Å². The van der Waals surface area contributed by atoms with Crippen LogP contribution in [0.2, 0.25) is 0 Å². The number of sulfone groups is 1. The standard InChI is InChI=1S/C31H33N3O3S/c1-23-29(31(35)32-25-14-16-26(17-15-25)38(2,36)37)22-34(21-20-33-18-8-9-19-33)30(23)28-13-7-6-12-27(28)24-10-4-3-5-11-24/h3-7,10-17,22H,8-9,18-21H2,1-2H3,(H,32,35). The van der Waals surface area contributed by atoms with Crippen LogP contribution in [0.5, 0.6) is 0 Å². The Labute approximate surface area is 224 Å². The summed E-state index contributed by atoms with van der Waals surface area (Å²) in [5.74, 6) is -0.215. The molecule has 5 rings (SSSR count). The molecule has 1 N–H and O–H groups in total. The van der Waals surface area contributed by atoms with Crippen LogP contribution in [0.4, 0.5) is 5.69 Å². The van der Waals surface area contributed by atoms with E-state index in [1.54, 1.807) is 12.1 Å². The molecular weight excluding hydrogens is 494 g/mol. The van der Waals surface area contributed by atoms with Crippen LogP contribution in [0.3, 0.4) is 0 Å². The van der Waals surface area contributed by atoms with Gasteiger partial charge in [-0.15, -0.1) is 0 Å². The molecule has 1 amide bonds. The topological polar surface area (TPSA) is 71.4 Å². The molecule has 0 spiro atoms. The van der Waals surface area contributed by atoms with Crippen LogP contribution in [-0.4, -0.2) is 49.7 Å². The minimum Gasteiger partial charge on any atom is -0.345 e. The Morgan fingerprint density at radius 1 is 0.842 bits per heavy atom. The van der Waals surface area contributed by atoms with Crippen molar-refractivity contribution >= 4 is 21.4 Å². The molecule has 3 aromatic carbocycles. The Morgan fingerprint density at radius 3 is 2.13 bits per heavy atom. The number of carbonyl (C=O) groups excluding carboxylic acids is 1. The van der Waals surface area contributed by atoms with Gasteiger partial charge in [0, 0.05) is 36.8 Å². The fraction of sp³-hybridized carbons (Fsp3) is 0.258. The summed E-state index contributed by atoms with van der Waals surface area (Å²) in [6, 6.07) is 24.9. The maximum absolute atomic E-state index is 13.5. The van der Waals surface area contributed by atoms with Crippen LogP contribution < -0.4 is 5.32 Å². The van der Waals surface area contributed by atoms with E-state index < -0.39 is 9.84 Å². The Morgan fingerprint density at radius 2 is 1.47 bits per heavy atom. The zero-order valence-electron chi connectivity index (χ0n) is 21.9. The van der Waals surface area contributed by atoms with Crippen molar-refractivity contribution < 1.29 is 13.2 Å². The molecule has 1 aliphatic heterocycles. The van der Waals surface area contributed by atoms with Gasteiger partial charge < -0.3 is 14.8 Å². The first-order valence-electron chi connectivity index (χ1n) is 13.0. The van der Waals surface area contributed by atoms with Crippen molar-refractivity contribution in [1.29, 1.82) is 0 Å². The lowest BCUT2D eigenvalue weighted by atomic mass is 9.95. The van der Waals surface area contributed by atoms with Crippen molar-refractivity contribution in [3.05, 3.63) is 96.2 Å². The third-order valence-corrected chi connectivity index (χ3v) is 8.37.